The van der Waals surface area contributed by atoms with E-state index in [1.807, 2.05) is 0 Å². The topological polar surface area (TPSA) is 59.4 Å². The largest absolute Gasteiger partial charge is 0.573 e. The molecule has 1 aromatic rings. The standard InChI is InChI=1S/C7H2ClF3INO3/c8-5(15)4-3(16-7(9,10)11)1-2(14)6(12)13-4/h1,14H. The van der Waals surface area contributed by atoms with Crippen LogP contribution in [0.25, 0.3) is 0 Å². The van der Waals surface area contributed by atoms with Crippen LogP contribution in [0.3, 0.4) is 0 Å². The Morgan fingerprint density at radius 1 is 1.56 bits per heavy atom. The van der Waals surface area contributed by atoms with E-state index < -0.39 is 28.8 Å². The minimum absolute atomic E-state index is 0.0591. The summed E-state index contributed by atoms with van der Waals surface area (Å²) in [7, 11) is 0. The van der Waals surface area contributed by atoms with Crippen LogP contribution in [0.15, 0.2) is 6.07 Å². The fourth-order valence-corrected chi connectivity index (χ4v) is 1.34. The summed E-state index contributed by atoms with van der Waals surface area (Å²) in [6.45, 7) is 0. The first kappa shape index (κ1) is 13.3. The lowest BCUT2D eigenvalue weighted by atomic mass is 10.3. The zero-order chi connectivity index (χ0) is 12.5. The zero-order valence-corrected chi connectivity index (χ0v) is 10.1. The average molecular weight is 367 g/mol. The molecule has 1 heterocycles. The van der Waals surface area contributed by atoms with Crippen molar-refractivity contribution in [3.63, 3.8) is 0 Å². The highest BCUT2D eigenvalue weighted by atomic mass is 127. The summed E-state index contributed by atoms with van der Waals surface area (Å²) in [6.07, 6.45) is -5.00. The molecule has 1 aromatic heterocycles. The Bertz CT molecular complexity index is 438. The smallest absolute Gasteiger partial charge is 0.505 e. The molecule has 0 fully saturated rings. The van der Waals surface area contributed by atoms with E-state index in [0.717, 1.165) is 0 Å². The molecule has 0 bridgehead atoms. The predicted molar refractivity (Wildman–Crippen MR) is 55.5 cm³/mol. The van der Waals surface area contributed by atoms with Gasteiger partial charge in [0.05, 0.1) is 0 Å². The lowest BCUT2D eigenvalue weighted by Gasteiger charge is -2.11. The summed E-state index contributed by atoms with van der Waals surface area (Å²) in [5.41, 5.74) is -0.707. The van der Waals surface area contributed by atoms with Gasteiger partial charge in [0.2, 0.25) is 0 Å². The number of halogens is 5. The molecule has 88 valence electrons. The number of pyridine rings is 1. The van der Waals surface area contributed by atoms with E-state index in [0.29, 0.717) is 6.07 Å². The molecule has 1 N–H and O–H groups in total. The summed E-state index contributed by atoms with van der Waals surface area (Å²) in [5.74, 6) is -1.48. The number of rotatable bonds is 2. The van der Waals surface area contributed by atoms with Crippen molar-refractivity contribution >= 4 is 39.4 Å². The van der Waals surface area contributed by atoms with Gasteiger partial charge < -0.3 is 9.84 Å². The number of aromatic hydroxyl groups is 1. The van der Waals surface area contributed by atoms with Crippen molar-refractivity contribution < 1.29 is 27.8 Å². The molecule has 4 nitrogen and oxygen atoms in total. The van der Waals surface area contributed by atoms with Gasteiger partial charge in [0.25, 0.3) is 5.24 Å². The van der Waals surface area contributed by atoms with Crippen molar-refractivity contribution in [3.05, 3.63) is 15.5 Å². The minimum Gasteiger partial charge on any atom is -0.505 e. The Balaban J connectivity index is 3.25. The van der Waals surface area contributed by atoms with Gasteiger partial charge in [0, 0.05) is 6.07 Å². The lowest BCUT2D eigenvalue weighted by molar-refractivity contribution is -0.274. The SMILES string of the molecule is O=C(Cl)c1nc(I)c(O)cc1OC(F)(F)F. The van der Waals surface area contributed by atoms with Gasteiger partial charge in [-0.2, -0.15) is 0 Å². The van der Waals surface area contributed by atoms with Gasteiger partial charge in [0.15, 0.2) is 17.2 Å². The Morgan fingerprint density at radius 3 is 2.56 bits per heavy atom. The first-order valence-electron chi connectivity index (χ1n) is 3.56. The van der Waals surface area contributed by atoms with Crippen LogP contribution in [-0.4, -0.2) is 21.7 Å². The van der Waals surface area contributed by atoms with Crippen LogP contribution in [0, 0.1) is 3.70 Å². The van der Waals surface area contributed by atoms with E-state index in [4.69, 9.17) is 16.7 Å². The van der Waals surface area contributed by atoms with Crippen LogP contribution < -0.4 is 4.74 Å². The van der Waals surface area contributed by atoms with Crippen molar-refractivity contribution in [2.24, 2.45) is 0 Å². The minimum atomic E-state index is -5.00. The van der Waals surface area contributed by atoms with Crippen molar-refractivity contribution in [2.75, 3.05) is 0 Å². The van der Waals surface area contributed by atoms with Crippen LogP contribution in [0.4, 0.5) is 13.2 Å². The van der Waals surface area contributed by atoms with E-state index in [-0.39, 0.29) is 3.70 Å². The number of alkyl halides is 3. The van der Waals surface area contributed by atoms with E-state index in [1.165, 1.54) is 22.6 Å². The molecule has 0 aliphatic carbocycles. The Labute approximate surface area is 106 Å². The highest BCUT2D eigenvalue weighted by molar-refractivity contribution is 14.1. The van der Waals surface area contributed by atoms with Crippen LogP contribution >= 0.6 is 34.2 Å². The Kier molecular flexibility index (Phi) is 3.84. The quantitative estimate of drug-likeness (QED) is 0.496. The fourth-order valence-electron chi connectivity index (χ4n) is 0.806. The molecule has 0 spiro atoms. The van der Waals surface area contributed by atoms with Gasteiger partial charge in [-0.25, -0.2) is 4.98 Å². The molecule has 0 radical (unpaired) electrons. The molecule has 0 aliphatic heterocycles. The molecule has 16 heavy (non-hydrogen) atoms. The molecule has 0 aromatic carbocycles. The lowest BCUT2D eigenvalue weighted by Crippen LogP contribution is -2.19. The summed E-state index contributed by atoms with van der Waals surface area (Å²) in [6, 6.07) is 0.623. The maximum absolute atomic E-state index is 11.9. The van der Waals surface area contributed by atoms with Gasteiger partial charge in [-0.3, -0.25) is 4.79 Å². The van der Waals surface area contributed by atoms with E-state index >= 15 is 0 Å². The van der Waals surface area contributed by atoms with Crippen LogP contribution in [0.5, 0.6) is 11.5 Å². The number of carbonyl (C=O) groups excluding carboxylic acids is 1. The first-order valence-corrected chi connectivity index (χ1v) is 5.01. The van der Waals surface area contributed by atoms with Crippen molar-refractivity contribution in [2.45, 2.75) is 6.36 Å². The molecular formula is C7H2ClF3INO3. The van der Waals surface area contributed by atoms with Gasteiger partial charge >= 0.3 is 6.36 Å². The molecular weight excluding hydrogens is 365 g/mol. The maximum Gasteiger partial charge on any atom is 0.573 e. The Morgan fingerprint density at radius 2 is 2.12 bits per heavy atom. The second kappa shape index (κ2) is 4.62. The summed E-state index contributed by atoms with van der Waals surface area (Å²) >= 11 is 6.56. The normalized spacial score (nSPS) is 11.3. The molecule has 1 rings (SSSR count). The highest BCUT2D eigenvalue weighted by Crippen LogP contribution is 2.31. The van der Waals surface area contributed by atoms with E-state index in [1.54, 1.807) is 0 Å². The summed E-state index contributed by atoms with van der Waals surface area (Å²) in [4.78, 5) is 14.2. The molecule has 9 heteroatoms. The van der Waals surface area contributed by atoms with Gasteiger partial charge in [-0.05, 0) is 34.2 Å². The average Bonchev–Trinajstić information content (AvgIpc) is 2.07. The van der Waals surface area contributed by atoms with Crippen molar-refractivity contribution in [1.82, 2.24) is 4.98 Å². The number of carbonyl (C=O) groups is 1. The second-order valence-corrected chi connectivity index (χ2v) is 3.83. The van der Waals surface area contributed by atoms with Gasteiger partial charge in [-0.1, -0.05) is 0 Å². The number of hydrogen-bond donors (Lipinski definition) is 1. The van der Waals surface area contributed by atoms with E-state index in [9.17, 15) is 18.0 Å². The number of ether oxygens (including phenoxy) is 1. The fraction of sp³-hybridized carbons (Fsp3) is 0.143. The van der Waals surface area contributed by atoms with E-state index in [2.05, 4.69) is 9.72 Å². The van der Waals surface area contributed by atoms with Crippen LogP contribution in [-0.2, 0) is 0 Å². The second-order valence-electron chi connectivity index (χ2n) is 2.47. The van der Waals surface area contributed by atoms with Crippen LogP contribution in [0.2, 0.25) is 0 Å². The van der Waals surface area contributed by atoms with Gasteiger partial charge in [-0.15, -0.1) is 13.2 Å². The first-order chi connectivity index (χ1) is 7.20. The molecule has 0 saturated heterocycles. The Hall–Kier alpha value is -0.770. The molecule has 0 amide bonds. The molecule has 0 atom stereocenters. The predicted octanol–water partition coefficient (Wildman–Crippen LogP) is 2.67. The number of hydrogen-bond acceptors (Lipinski definition) is 4. The molecule has 0 unspecified atom stereocenters. The van der Waals surface area contributed by atoms with Gasteiger partial charge in [0.1, 0.15) is 3.70 Å². The molecule has 0 saturated carbocycles. The number of aromatic nitrogens is 1. The third-order valence-corrected chi connectivity index (χ3v) is 2.31. The third kappa shape index (κ3) is 3.37. The van der Waals surface area contributed by atoms with Crippen LogP contribution in [0.1, 0.15) is 10.5 Å². The van der Waals surface area contributed by atoms with Crippen molar-refractivity contribution in [3.8, 4) is 11.5 Å². The maximum atomic E-state index is 11.9. The summed E-state index contributed by atoms with van der Waals surface area (Å²) < 4.78 is 39.2. The third-order valence-electron chi connectivity index (χ3n) is 1.33. The highest BCUT2D eigenvalue weighted by Gasteiger charge is 2.33. The van der Waals surface area contributed by atoms with Crippen molar-refractivity contribution in [1.29, 1.82) is 0 Å². The summed E-state index contributed by atoms with van der Waals surface area (Å²) in [5, 5.41) is 7.92. The molecule has 0 aliphatic rings. The zero-order valence-electron chi connectivity index (χ0n) is 7.18. The number of nitrogens with zero attached hydrogens (tertiary/aromatic N) is 1. The monoisotopic (exact) mass is 367 g/mol.